The van der Waals surface area contributed by atoms with Gasteiger partial charge in [0.15, 0.2) is 0 Å². The third-order valence-corrected chi connectivity index (χ3v) is 2.89. The largest absolute Gasteiger partial charge is 0.298 e. The minimum atomic E-state index is 0.935. The quantitative estimate of drug-likeness (QED) is 0.608. The van der Waals surface area contributed by atoms with Gasteiger partial charge in [-0.15, -0.1) is 6.58 Å². The number of hydrogen-bond acceptors (Lipinski definition) is 1. The van der Waals surface area contributed by atoms with Gasteiger partial charge in [0.25, 0.3) is 0 Å². The van der Waals surface area contributed by atoms with Crippen molar-refractivity contribution < 1.29 is 0 Å². The Balaban J connectivity index is 2.63. The van der Waals surface area contributed by atoms with E-state index in [0.29, 0.717) is 0 Å². The summed E-state index contributed by atoms with van der Waals surface area (Å²) in [4.78, 5) is 2.24. The molecule has 1 aromatic rings. The molecule has 0 N–H and O–H groups in total. The number of rotatable bonds is 4. The summed E-state index contributed by atoms with van der Waals surface area (Å²) in [5.41, 5.74) is 1.38. The molecule has 0 aromatic heterocycles. The fraction of sp³-hybridized carbons (Fsp3) is 0.273. The van der Waals surface area contributed by atoms with E-state index in [4.69, 9.17) is 0 Å². The zero-order valence-electron chi connectivity index (χ0n) is 7.83. The van der Waals surface area contributed by atoms with Crippen LogP contribution in [0.25, 0.3) is 0 Å². The summed E-state index contributed by atoms with van der Waals surface area (Å²) in [5.74, 6) is 0. The average Bonchev–Trinajstić information content (AvgIpc) is 2.09. The van der Waals surface area contributed by atoms with Crippen molar-refractivity contribution in [2.24, 2.45) is 0 Å². The minimum Gasteiger partial charge on any atom is -0.298 e. The Morgan fingerprint density at radius 1 is 1.46 bits per heavy atom. The van der Waals surface area contributed by atoms with Crippen LogP contribution in [0.1, 0.15) is 5.56 Å². The van der Waals surface area contributed by atoms with Crippen LogP contribution in [0.15, 0.2) is 36.9 Å². The second-order valence-electron chi connectivity index (χ2n) is 3.08. The number of nitrogens with zero attached hydrogens (tertiary/aromatic N) is 1. The van der Waals surface area contributed by atoms with Crippen molar-refractivity contribution in [2.45, 2.75) is 6.54 Å². The lowest BCUT2D eigenvalue weighted by Gasteiger charge is -2.14. The molecule has 0 atom stereocenters. The number of benzene rings is 1. The van der Waals surface area contributed by atoms with Crippen LogP contribution in [0.2, 0.25) is 0 Å². The summed E-state index contributed by atoms with van der Waals surface area (Å²) in [7, 11) is 2.10. The lowest BCUT2D eigenvalue weighted by molar-refractivity contribution is 0.363. The Morgan fingerprint density at radius 3 is 2.77 bits per heavy atom. The fourth-order valence-corrected chi connectivity index (χ4v) is 1.76. The number of hydrogen-bond donors (Lipinski definition) is 0. The maximum Gasteiger partial charge on any atom is 0.0244 e. The van der Waals surface area contributed by atoms with Gasteiger partial charge in [0.05, 0.1) is 0 Å². The molecule has 1 aromatic carbocycles. The molecule has 13 heavy (non-hydrogen) atoms. The second-order valence-corrected chi connectivity index (χ2v) is 4.24. The summed E-state index contributed by atoms with van der Waals surface area (Å²) in [6.07, 6.45) is 1.93. The van der Waals surface area contributed by atoms with Crippen LogP contribution in [0.4, 0.5) is 0 Å². The summed E-state index contributed by atoms with van der Waals surface area (Å²) in [6.45, 7) is 5.65. The van der Waals surface area contributed by atoms with Crippen LogP contribution in [0.5, 0.6) is 0 Å². The van der Waals surface area contributed by atoms with Crippen LogP contribution in [-0.2, 0) is 6.54 Å². The van der Waals surface area contributed by atoms with Crippen LogP contribution >= 0.6 is 22.6 Å². The molecule has 0 unspecified atom stereocenters. The Bertz CT molecular complexity index is 283. The van der Waals surface area contributed by atoms with Crippen molar-refractivity contribution in [2.75, 3.05) is 13.6 Å². The molecule has 0 aliphatic heterocycles. The predicted octanol–water partition coefficient (Wildman–Crippen LogP) is 2.91. The SMILES string of the molecule is C=CCN(C)Cc1ccccc1I. The van der Waals surface area contributed by atoms with Crippen molar-refractivity contribution >= 4 is 22.6 Å². The van der Waals surface area contributed by atoms with Gasteiger partial charge in [-0.05, 0) is 41.3 Å². The highest BCUT2D eigenvalue weighted by atomic mass is 127. The molecule has 0 amide bonds. The van der Waals surface area contributed by atoms with E-state index < -0.39 is 0 Å². The summed E-state index contributed by atoms with van der Waals surface area (Å²) in [6, 6.07) is 8.46. The molecule has 70 valence electrons. The van der Waals surface area contributed by atoms with E-state index in [1.165, 1.54) is 9.13 Å². The van der Waals surface area contributed by atoms with E-state index >= 15 is 0 Å². The number of likely N-dealkylation sites (N-methyl/N-ethyl adjacent to an activating group) is 1. The van der Waals surface area contributed by atoms with Gasteiger partial charge in [-0.2, -0.15) is 0 Å². The highest BCUT2D eigenvalue weighted by Crippen LogP contribution is 2.12. The van der Waals surface area contributed by atoms with Gasteiger partial charge in [0.1, 0.15) is 0 Å². The molecule has 2 heteroatoms. The second kappa shape index (κ2) is 5.40. The molecule has 0 radical (unpaired) electrons. The molecule has 0 aliphatic rings. The third kappa shape index (κ3) is 3.48. The highest BCUT2D eigenvalue weighted by Gasteiger charge is 2.00. The van der Waals surface area contributed by atoms with Crippen molar-refractivity contribution in [3.8, 4) is 0 Å². The number of halogens is 1. The van der Waals surface area contributed by atoms with Crippen molar-refractivity contribution in [1.29, 1.82) is 0 Å². The third-order valence-electron chi connectivity index (χ3n) is 1.84. The van der Waals surface area contributed by atoms with Crippen LogP contribution in [-0.4, -0.2) is 18.5 Å². The summed E-state index contributed by atoms with van der Waals surface area (Å²) < 4.78 is 1.33. The summed E-state index contributed by atoms with van der Waals surface area (Å²) >= 11 is 2.37. The molecule has 0 aliphatic carbocycles. The van der Waals surface area contributed by atoms with Crippen LogP contribution in [0.3, 0.4) is 0 Å². The van der Waals surface area contributed by atoms with Crippen molar-refractivity contribution in [1.82, 2.24) is 4.90 Å². The van der Waals surface area contributed by atoms with Gasteiger partial charge in [-0.1, -0.05) is 24.3 Å². The van der Waals surface area contributed by atoms with Gasteiger partial charge < -0.3 is 0 Å². The zero-order valence-corrected chi connectivity index (χ0v) is 9.99. The zero-order chi connectivity index (χ0) is 9.68. The normalized spacial score (nSPS) is 10.4. The maximum absolute atomic E-state index is 3.72. The Morgan fingerprint density at radius 2 is 2.15 bits per heavy atom. The van der Waals surface area contributed by atoms with Crippen molar-refractivity contribution in [3.63, 3.8) is 0 Å². The van der Waals surface area contributed by atoms with Gasteiger partial charge in [-0.3, -0.25) is 4.90 Å². The minimum absolute atomic E-state index is 0.935. The Labute approximate surface area is 93.6 Å². The van der Waals surface area contributed by atoms with Gasteiger partial charge in [0.2, 0.25) is 0 Å². The van der Waals surface area contributed by atoms with E-state index in [1.807, 2.05) is 6.08 Å². The van der Waals surface area contributed by atoms with E-state index in [9.17, 15) is 0 Å². The van der Waals surface area contributed by atoms with Crippen LogP contribution in [0, 0.1) is 3.57 Å². The average molecular weight is 287 g/mol. The molecule has 1 rings (SSSR count). The summed E-state index contributed by atoms with van der Waals surface area (Å²) in [5, 5.41) is 0. The molecule has 1 nitrogen and oxygen atoms in total. The van der Waals surface area contributed by atoms with Gasteiger partial charge >= 0.3 is 0 Å². The van der Waals surface area contributed by atoms with Gasteiger partial charge in [0, 0.05) is 16.7 Å². The molecule has 0 fully saturated rings. The predicted molar refractivity (Wildman–Crippen MR) is 65.7 cm³/mol. The molecular formula is C11H14IN. The molecule has 0 saturated heterocycles. The van der Waals surface area contributed by atoms with E-state index in [1.54, 1.807) is 0 Å². The van der Waals surface area contributed by atoms with E-state index in [-0.39, 0.29) is 0 Å². The first-order valence-corrected chi connectivity index (χ1v) is 5.34. The van der Waals surface area contributed by atoms with Gasteiger partial charge in [-0.25, -0.2) is 0 Å². The first kappa shape index (κ1) is 10.7. The monoisotopic (exact) mass is 287 g/mol. The molecule has 0 bridgehead atoms. The lowest BCUT2D eigenvalue weighted by atomic mass is 10.2. The smallest absolute Gasteiger partial charge is 0.0244 e. The Kier molecular flexibility index (Phi) is 4.45. The van der Waals surface area contributed by atoms with E-state index in [2.05, 4.69) is 65.4 Å². The standard InChI is InChI=1S/C11H14IN/c1-3-8-13(2)9-10-6-4-5-7-11(10)12/h3-7H,1,8-9H2,2H3. The van der Waals surface area contributed by atoms with Crippen molar-refractivity contribution in [3.05, 3.63) is 46.1 Å². The first-order chi connectivity index (χ1) is 6.24. The van der Waals surface area contributed by atoms with Crippen LogP contribution < -0.4 is 0 Å². The first-order valence-electron chi connectivity index (χ1n) is 4.27. The molecular weight excluding hydrogens is 273 g/mol. The Hall–Kier alpha value is -0.350. The maximum atomic E-state index is 3.72. The highest BCUT2D eigenvalue weighted by molar-refractivity contribution is 14.1. The lowest BCUT2D eigenvalue weighted by Crippen LogP contribution is -2.17. The topological polar surface area (TPSA) is 3.24 Å². The molecule has 0 saturated carbocycles. The van der Waals surface area contributed by atoms with E-state index in [0.717, 1.165) is 13.1 Å². The fourth-order valence-electron chi connectivity index (χ4n) is 1.20. The molecule has 0 heterocycles. The molecule has 0 spiro atoms.